The summed E-state index contributed by atoms with van der Waals surface area (Å²) in [6, 6.07) is 8.10. The first-order valence-electron chi connectivity index (χ1n) is 10.4. The van der Waals surface area contributed by atoms with Gasteiger partial charge >= 0.3 is 0 Å². The van der Waals surface area contributed by atoms with Gasteiger partial charge in [-0.25, -0.2) is 4.98 Å². The molecular weight excluding hydrogens is 414 g/mol. The summed E-state index contributed by atoms with van der Waals surface area (Å²) < 4.78 is 0. The average Bonchev–Trinajstić information content (AvgIpc) is 3.12. The van der Waals surface area contributed by atoms with Gasteiger partial charge < -0.3 is 9.88 Å². The molecule has 0 saturated carbocycles. The zero-order valence-corrected chi connectivity index (χ0v) is 19.3. The minimum Gasteiger partial charge on any atom is -0.315 e. The summed E-state index contributed by atoms with van der Waals surface area (Å²) in [4.78, 5) is 36.8. The maximum atomic E-state index is 12.6. The summed E-state index contributed by atoms with van der Waals surface area (Å²) in [7, 11) is 1.81. The lowest BCUT2D eigenvalue weighted by molar-refractivity contribution is -0.115. The number of hydrogen-bond acceptors (Lipinski definition) is 5. The molecule has 0 saturated heterocycles. The topological polar surface area (TPSA) is 66.1 Å². The quantitative estimate of drug-likeness (QED) is 0.592. The molecule has 0 unspecified atom stereocenters. The predicted molar refractivity (Wildman–Crippen MR) is 127 cm³/mol. The van der Waals surface area contributed by atoms with Crippen LogP contribution in [0, 0.1) is 0 Å². The first-order valence-corrected chi connectivity index (χ1v) is 12.4. The highest BCUT2D eigenvalue weighted by Crippen LogP contribution is 2.33. The van der Waals surface area contributed by atoms with Crippen molar-refractivity contribution in [2.45, 2.75) is 51.2 Å². The Hall–Kier alpha value is -2.12. The fourth-order valence-corrected chi connectivity index (χ4v) is 5.93. The Kier molecular flexibility index (Phi) is 6.29. The molecule has 158 valence electrons. The number of carbonyl (C=O) groups is 1. The number of aryl methyl sites for hydroxylation is 2. The second-order valence-electron chi connectivity index (χ2n) is 8.10. The molecule has 7 heteroatoms. The number of nitrogens with one attached hydrogen (secondary N) is 1. The van der Waals surface area contributed by atoms with Crippen LogP contribution in [0.15, 0.2) is 29.1 Å². The van der Waals surface area contributed by atoms with Gasteiger partial charge in [-0.05, 0) is 54.9 Å². The number of carbonyl (C=O) groups excluding carboxylic acids is 1. The van der Waals surface area contributed by atoms with Gasteiger partial charge in [0.05, 0.1) is 16.9 Å². The van der Waals surface area contributed by atoms with E-state index in [4.69, 9.17) is 0 Å². The van der Waals surface area contributed by atoms with Crippen molar-refractivity contribution in [1.29, 1.82) is 0 Å². The van der Waals surface area contributed by atoms with E-state index in [2.05, 4.69) is 35.9 Å². The Labute approximate surface area is 184 Å². The van der Waals surface area contributed by atoms with Crippen LogP contribution in [0.4, 0.5) is 5.69 Å². The van der Waals surface area contributed by atoms with Gasteiger partial charge in [-0.2, -0.15) is 0 Å². The minimum atomic E-state index is -0.0380. The van der Waals surface area contributed by atoms with E-state index in [1.54, 1.807) is 16.2 Å². The standard InChI is InChI=1S/C23H27N3O2S2/c1-14(2)15-7-6-8-16(11-15)26(3)20(27)13-29-12-19-24-22(28)21-17-9-4-5-10-18(17)30-23(21)25-19/h6-8,11,14H,4-5,9-10,12-13H2,1-3H3,(H,24,25,28). The summed E-state index contributed by atoms with van der Waals surface area (Å²) in [5.74, 6) is 1.96. The lowest BCUT2D eigenvalue weighted by atomic mass is 9.97. The Morgan fingerprint density at radius 1 is 1.30 bits per heavy atom. The molecule has 1 amide bonds. The van der Waals surface area contributed by atoms with Gasteiger partial charge in [0.25, 0.3) is 5.56 Å². The Balaban J connectivity index is 1.41. The van der Waals surface area contributed by atoms with Crippen LogP contribution in [0.25, 0.3) is 10.2 Å². The highest BCUT2D eigenvalue weighted by Gasteiger charge is 2.20. The predicted octanol–water partition coefficient (Wildman–Crippen LogP) is 4.88. The highest BCUT2D eigenvalue weighted by atomic mass is 32.2. The van der Waals surface area contributed by atoms with Gasteiger partial charge in [0, 0.05) is 17.6 Å². The van der Waals surface area contributed by atoms with Crippen LogP contribution >= 0.6 is 23.1 Å². The number of aromatic nitrogens is 2. The van der Waals surface area contributed by atoms with E-state index in [1.165, 1.54) is 34.2 Å². The monoisotopic (exact) mass is 441 g/mol. The molecule has 0 fully saturated rings. The van der Waals surface area contributed by atoms with Crippen molar-refractivity contribution in [3.8, 4) is 0 Å². The van der Waals surface area contributed by atoms with Crippen molar-refractivity contribution in [2.24, 2.45) is 0 Å². The number of thiophene rings is 1. The summed E-state index contributed by atoms with van der Waals surface area (Å²) in [6.45, 7) is 4.29. The smallest absolute Gasteiger partial charge is 0.259 e. The lowest BCUT2D eigenvalue weighted by Crippen LogP contribution is -2.28. The molecule has 1 aliphatic rings. The van der Waals surface area contributed by atoms with Crippen molar-refractivity contribution in [3.05, 3.63) is 56.4 Å². The number of hydrogen-bond donors (Lipinski definition) is 1. The van der Waals surface area contributed by atoms with Crippen LogP contribution < -0.4 is 10.5 Å². The first-order chi connectivity index (χ1) is 14.4. The Morgan fingerprint density at radius 3 is 2.90 bits per heavy atom. The van der Waals surface area contributed by atoms with Gasteiger partial charge in [-0.1, -0.05) is 26.0 Å². The van der Waals surface area contributed by atoms with E-state index in [0.717, 1.165) is 35.2 Å². The van der Waals surface area contributed by atoms with Crippen molar-refractivity contribution in [1.82, 2.24) is 9.97 Å². The molecule has 2 aromatic heterocycles. The van der Waals surface area contributed by atoms with Crippen LogP contribution in [-0.2, 0) is 23.4 Å². The van der Waals surface area contributed by atoms with E-state index in [0.29, 0.717) is 23.2 Å². The van der Waals surface area contributed by atoms with Gasteiger partial charge in [-0.3, -0.25) is 9.59 Å². The van der Waals surface area contributed by atoms with Crippen LogP contribution in [0.1, 0.15) is 54.4 Å². The molecule has 3 aromatic rings. The molecule has 0 bridgehead atoms. The fraction of sp³-hybridized carbons (Fsp3) is 0.435. The van der Waals surface area contributed by atoms with Gasteiger partial charge in [0.1, 0.15) is 10.7 Å². The number of benzene rings is 1. The number of amides is 1. The van der Waals surface area contributed by atoms with Crippen molar-refractivity contribution >= 4 is 44.9 Å². The zero-order chi connectivity index (χ0) is 21.3. The summed E-state index contributed by atoms with van der Waals surface area (Å²) >= 11 is 3.14. The number of H-pyrrole nitrogens is 1. The summed E-state index contributed by atoms with van der Waals surface area (Å²) in [6.07, 6.45) is 4.37. The molecule has 5 nitrogen and oxygen atoms in total. The van der Waals surface area contributed by atoms with E-state index in [1.807, 2.05) is 19.2 Å². The van der Waals surface area contributed by atoms with Crippen LogP contribution in [0.2, 0.25) is 0 Å². The first kappa shape index (κ1) is 21.1. The Bertz CT molecular complexity index is 1130. The van der Waals surface area contributed by atoms with Crippen molar-refractivity contribution in [2.75, 3.05) is 17.7 Å². The molecule has 0 atom stereocenters. The number of nitrogens with zero attached hydrogens (tertiary/aromatic N) is 2. The van der Waals surface area contributed by atoms with Gasteiger partial charge in [0.2, 0.25) is 5.91 Å². The minimum absolute atomic E-state index is 0.0379. The summed E-state index contributed by atoms with van der Waals surface area (Å²) in [5, 5.41) is 0.782. The molecule has 30 heavy (non-hydrogen) atoms. The van der Waals surface area contributed by atoms with Gasteiger partial charge in [-0.15, -0.1) is 23.1 Å². The number of rotatable bonds is 6. The third kappa shape index (κ3) is 4.32. The fourth-order valence-electron chi connectivity index (χ4n) is 3.85. The zero-order valence-electron chi connectivity index (χ0n) is 17.7. The molecule has 0 radical (unpaired) electrons. The molecule has 2 heterocycles. The average molecular weight is 442 g/mol. The molecule has 1 N–H and O–H groups in total. The number of aromatic amines is 1. The maximum absolute atomic E-state index is 12.6. The van der Waals surface area contributed by atoms with E-state index >= 15 is 0 Å². The Morgan fingerprint density at radius 2 is 2.10 bits per heavy atom. The second kappa shape index (κ2) is 8.94. The lowest BCUT2D eigenvalue weighted by Gasteiger charge is -2.18. The van der Waals surface area contributed by atoms with Gasteiger partial charge in [0.15, 0.2) is 0 Å². The molecular formula is C23H27N3O2S2. The number of fused-ring (bicyclic) bond motifs is 3. The van der Waals surface area contributed by atoms with E-state index in [9.17, 15) is 9.59 Å². The largest absolute Gasteiger partial charge is 0.315 e. The third-order valence-corrected chi connectivity index (χ3v) is 7.75. The number of thioether (sulfide) groups is 1. The summed E-state index contributed by atoms with van der Waals surface area (Å²) in [5.41, 5.74) is 3.29. The normalized spacial score (nSPS) is 13.6. The molecule has 1 aliphatic carbocycles. The highest BCUT2D eigenvalue weighted by molar-refractivity contribution is 7.99. The second-order valence-corrected chi connectivity index (χ2v) is 10.2. The van der Waals surface area contributed by atoms with Crippen LogP contribution in [0.5, 0.6) is 0 Å². The van der Waals surface area contributed by atoms with E-state index in [-0.39, 0.29) is 11.5 Å². The molecule has 0 aliphatic heterocycles. The molecule has 0 spiro atoms. The van der Waals surface area contributed by atoms with E-state index < -0.39 is 0 Å². The van der Waals surface area contributed by atoms with Crippen LogP contribution in [0.3, 0.4) is 0 Å². The maximum Gasteiger partial charge on any atom is 0.259 e. The van der Waals surface area contributed by atoms with Crippen molar-refractivity contribution < 1.29 is 4.79 Å². The third-order valence-electron chi connectivity index (χ3n) is 5.64. The van der Waals surface area contributed by atoms with Crippen molar-refractivity contribution in [3.63, 3.8) is 0 Å². The SMILES string of the molecule is CC(C)c1cccc(N(C)C(=O)CSCc2nc3sc4c(c3c(=O)[nH]2)CCCC4)c1. The number of anilines is 1. The van der Waals surface area contributed by atoms with Crippen LogP contribution in [-0.4, -0.2) is 28.7 Å². The molecule has 4 rings (SSSR count). The molecule has 1 aromatic carbocycles.